The van der Waals surface area contributed by atoms with Crippen molar-refractivity contribution in [1.82, 2.24) is 4.90 Å². The summed E-state index contributed by atoms with van der Waals surface area (Å²) in [7, 11) is 0. The number of carbonyl (C=O) groups is 1. The van der Waals surface area contributed by atoms with Crippen LogP contribution in [0.15, 0.2) is 24.3 Å². The number of rotatable bonds is 6. The lowest BCUT2D eigenvalue weighted by atomic mass is 10.1. The van der Waals surface area contributed by atoms with E-state index in [-0.39, 0.29) is 30.3 Å². The zero-order valence-electron chi connectivity index (χ0n) is 15.1. The minimum atomic E-state index is -4.78. The van der Waals surface area contributed by atoms with Crippen LogP contribution < -0.4 is 10.5 Å². The predicted octanol–water partition coefficient (Wildman–Crippen LogP) is 3.36. The molecule has 27 heavy (non-hydrogen) atoms. The second-order valence-electron chi connectivity index (χ2n) is 7.12. The molecular weight excluding hydrogens is 361 g/mol. The molecule has 0 spiro atoms. The van der Waals surface area contributed by atoms with Crippen molar-refractivity contribution in [3.63, 3.8) is 0 Å². The fraction of sp³-hybridized carbons (Fsp3) is 0.632. The van der Waals surface area contributed by atoms with Crippen LogP contribution in [-0.4, -0.2) is 42.0 Å². The third kappa shape index (κ3) is 5.13. The summed E-state index contributed by atoms with van der Waals surface area (Å²) in [6, 6.07) is 5.98. The number of halogens is 3. The van der Waals surface area contributed by atoms with E-state index in [4.69, 9.17) is 10.5 Å². The Bertz CT molecular complexity index is 647. The van der Waals surface area contributed by atoms with E-state index in [0.717, 1.165) is 32.1 Å². The smallest absolute Gasteiger partial charge is 0.405 e. The minimum Gasteiger partial charge on any atom is -0.405 e. The van der Waals surface area contributed by atoms with E-state index in [1.165, 1.54) is 12.1 Å². The zero-order chi connectivity index (χ0) is 19.4. The lowest BCUT2D eigenvalue weighted by Crippen LogP contribution is -2.44. The van der Waals surface area contributed by atoms with Crippen LogP contribution in [0.1, 0.15) is 44.1 Å². The number of para-hydroxylation sites is 1. The Morgan fingerprint density at radius 1 is 1.19 bits per heavy atom. The van der Waals surface area contributed by atoms with Crippen LogP contribution in [0.4, 0.5) is 13.2 Å². The van der Waals surface area contributed by atoms with Gasteiger partial charge in [-0.1, -0.05) is 31.0 Å². The Kier molecular flexibility index (Phi) is 6.26. The zero-order valence-corrected chi connectivity index (χ0v) is 15.1. The van der Waals surface area contributed by atoms with Crippen LogP contribution >= 0.6 is 0 Å². The molecule has 1 heterocycles. The van der Waals surface area contributed by atoms with Crippen LogP contribution in [0.25, 0.3) is 0 Å². The lowest BCUT2D eigenvalue weighted by molar-refractivity contribution is -0.275. The van der Waals surface area contributed by atoms with Gasteiger partial charge >= 0.3 is 6.36 Å². The highest BCUT2D eigenvalue weighted by Crippen LogP contribution is 2.32. The van der Waals surface area contributed by atoms with Gasteiger partial charge in [0.05, 0.1) is 6.10 Å². The maximum Gasteiger partial charge on any atom is 0.573 e. The van der Waals surface area contributed by atoms with Gasteiger partial charge in [0.2, 0.25) is 0 Å². The van der Waals surface area contributed by atoms with Crippen molar-refractivity contribution in [2.24, 2.45) is 5.73 Å². The molecule has 0 radical (unpaired) electrons. The molecule has 1 aliphatic carbocycles. The molecule has 1 amide bonds. The summed E-state index contributed by atoms with van der Waals surface area (Å²) >= 11 is 0. The number of ether oxygens (including phenoxy) is 2. The van der Waals surface area contributed by atoms with Crippen LogP contribution in [0.2, 0.25) is 0 Å². The fourth-order valence-corrected chi connectivity index (χ4v) is 3.89. The second-order valence-corrected chi connectivity index (χ2v) is 7.12. The van der Waals surface area contributed by atoms with Gasteiger partial charge < -0.3 is 20.1 Å². The number of hydrogen-bond acceptors (Lipinski definition) is 4. The Morgan fingerprint density at radius 2 is 1.89 bits per heavy atom. The first-order chi connectivity index (χ1) is 12.9. The quantitative estimate of drug-likeness (QED) is 0.814. The maximum atomic E-state index is 13.1. The Labute approximate surface area is 156 Å². The van der Waals surface area contributed by atoms with E-state index < -0.39 is 12.5 Å². The SMILES string of the molecule is NC[C@H]1CC[C@@H](C(=O)N(Cc2ccccc2OC(F)(F)F)C2CCCC2)O1. The maximum absolute atomic E-state index is 13.1. The van der Waals surface area contributed by atoms with E-state index in [2.05, 4.69) is 4.74 Å². The number of nitrogens with zero attached hydrogens (tertiary/aromatic N) is 1. The first kappa shape index (κ1) is 19.9. The molecule has 1 aromatic carbocycles. The number of hydrogen-bond donors (Lipinski definition) is 1. The number of benzene rings is 1. The van der Waals surface area contributed by atoms with Gasteiger partial charge in [-0.25, -0.2) is 0 Å². The predicted molar refractivity (Wildman–Crippen MR) is 92.9 cm³/mol. The summed E-state index contributed by atoms with van der Waals surface area (Å²) < 4.78 is 48.0. The van der Waals surface area contributed by atoms with E-state index >= 15 is 0 Å². The molecular formula is C19H25F3N2O3. The highest BCUT2D eigenvalue weighted by Gasteiger charge is 2.37. The highest BCUT2D eigenvalue weighted by molar-refractivity contribution is 5.81. The van der Waals surface area contributed by atoms with Gasteiger partial charge in [0, 0.05) is 24.7 Å². The van der Waals surface area contributed by atoms with Crippen molar-refractivity contribution in [1.29, 1.82) is 0 Å². The van der Waals surface area contributed by atoms with E-state index in [1.54, 1.807) is 17.0 Å². The van der Waals surface area contributed by atoms with Crippen molar-refractivity contribution in [2.45, 2.75) is 69.7 Å². The first-order valence-electron chi connectivity index (χ1n) is 9.37. The molecule has 3 rings (SSSR count). The van der Waals surface area contributed by atoms with Crippen LogP contribution in [0, 0.1) is 0 Å². The van der Waals surface area contributed by atoms with Gasteiger partial charge in [-0.3, -0.25) is 4.79 Å². The molecule has 0 unspecified atom stereocenters. The summed E-state index contributed by atoms with van der Waals surface area (Å²) in [5.74, 6) is -0.437. The molecule has 1 saturated carbocycles. The molecule has 5 nitrogen and oxygen atoms in total. The lowest BCUT2D eigenvalue weighted by Gasteiger charge is -2.32. The molecule has 2 aliphatic rings. The number of nitrogens with two attached hydrogens (primary N) is 1. The van der Waals surface area contributed by atoms with Crippen molar-refractivity contribution in [3.05, 3.63) is 29.8 Å². The van der Waals surface area contributed by atoms with Gasteiger partial charge in [-0.05, 0) is 31.7 Å². The standard InChI is InChI=1S/C19H25F3N2O3/c20-19(21,22)27-16-8-4-1-5-13(16)12-24(14-6-2-3-7-14)18(25)17-10-9-15(11-23)26-17/h1,4-5,8,14-15,17H,2-3,6-7,9-12,23H2/t15-,17+/m1/s1. The summed E-state index contributed by atoms with van der Waals surface area (Å²) in [6.07, 6.45) is -0.467. The van der Waals surface area contributed by atoms with Crippen LogP contribution in [0.3, 0.4) is 0 Å². The van der Waals surface area contributed by atoms with E-state index in [9.17, 15) is 18.0 Å². The topological polar surface area (TPSA) is 64.8 Å². The molecule has 1 aliphatic heterocycles. The molecule has 0 bridgehead atoms. The number of amides is 1. The third-order valence-electron chi connectivity index (χ3n) is 5.23. The van der Waals surface area contributed by atoms with Gasteiger partial charge in [-0.2, -0.15) is 0 Å². The van der Waals surface area contributed by atoms with Crippen LogP contribution in [0.5, 0.6) is 5.75 Å². The molecule has 2 fully saturated rings. The van der Waals surface area contributed by atoms with E-state index in [1.807, 2.05) is 0 Å². The van der Waals surface area contributed by atoms with E-state index in [0.29, 0.717) is 18.5 Å². The molecule has 2 N–H and O–H groups in total. The Balaban J connectivity index is 1.80. The van der Waals surface area contributed by atoms with Gasteiger partial charge in [-0.15, -0.1) is 13.2 Å². The summed E-state index contributed by atoms with van der Waals surface area (Å²) in [5.41, 5.74) is 5.96. The minimum absolute atomic E-state index is 0.0111. The number of alkyl halides is 3. The first-order valence-corrected chi connectivity index (χ1v) is 9.37. The highest BCUT2D eigenvalue weighted by atomic mass is 19.4. The summed E-state index contributed by atoms with van der Waals surface area (Å²) in [6.45, 7) is 0.429. The average Bonchev–Trinajstić information content (AvgIpc) is 3.30. The monoisotopic (exact) mass is 386 g/mol. The average molecular weight is 386 g/mol. The molecule has 1 aromatic rings. The molecule has 1 saturated heterocycles. The summed E-state index contributed by atoms with van der Waals surface area (Å²) in [5, 5.41) is 0. The number of carbonyl (C=O) groups excluding carboxylic acids is 1. The van der Waals surface area contributed by atoms with Crippen molar-refractivity contribution >= 4 is 5.91 Å². The van der Waals surface area contributed by atoms with Crippen molar-refractivity contribution in [2.75, 3.05) is 6.54 Å². The molecule has 2 atom stereocenters. The summed E-state index contributed by atoms with van der Waals surface area (Å²) in [4.78, 5) is 14.8. The molecule has 150 valence electrons. The van der Waals surface area contributed by atoms with Gasteiger partial charge in [0.1, 0.15) is 11.9 Å². The molecule has 8 heteroatoms. The Hall–Kier alpha value is -1.80. The van der Waals surface area contributed by atoms with Crippen molar-refractivity contribution in [3.8, 4) is 5.75 Å². The fourth-order valence-electron chi connectivity index (χ4n) is 3.89. The second kappa shape index (κ2) is 8.48. The largest absolute Gasteiger partial charge is 0.573 e. The van der Waals surface area contributed by atoms with Gasteiger partial charge in [0.15, 0.2) is 0 Å². The Morgan fingerprint density at radius 3 is 2.52 bits per heavy atom. The van der Waals surface area contributed by atoms with Crippen LogP contribution in [-0.2, 0) is 16.1 Å². The van der Waals surface area contributed by atoms with Crippen molar-refractivity contribution < 1.29 is 27.4 Å². The molecule has 0 aromatic heterocycles. The van der Waals surface area contributed by atoms with Gasteiger partial charge in [0.25, 0.3) is 5.91 Å². The normalized spacial score (nSPS) is 23.6. The third-order valence-corrected chi connectivity index (χ3v) is 5.23.